The summed E-state index contributed by atoms with van der Waals surface area (Å²) in [6.45, 7) is 6.45. The zero-order valence-electron chi connectivity index (χ0n) is 13.0. The molecule has 1 aromatic carbocycles. The molecule has 2 saturated heterocycles. The highest BCUT2D eigenvalue weighted by atomic mass is 35.5. The molecule has 1 aromatic rings. The molecule has 118 valence electrons. The van der Waals surface area contributed by atoms with Crippen LogP contribution in [-0.4, -0.2) is 37.6 Å². The molecule has 2 aliphatic rings. The van der Waals surface area contributed by atoms with Crippen molar-refractivity contribution in [3.8, 4) is 0 Å². The van der Waals surface area contributed by atoms with Gasteiger partial charge in [0, 0.05) is 6.54 Å². The molecule has 2 nitrogen and oxygen atoms in total. The van der Waals surface area contributed by atoms with Gasteiger partial charge in [-0.15, -0.1) is 12.4 Å². The van der Waals surface area contributed by atoms with Crippen molar-refractivity contribution in [3.05, 3.63) is 35.9 Å². The van der Waals surface area contributed by atoms with Gasteiger partial charge in [-0.05, 0) is 75.7 Å². The maximum Gasteiger partial charge on any atom is 0.00106 e. The summed E-state index contributed by atoms with van der Waals surface area (Å²) in [4.78, 5) is 2.72. The molecule has 0 bridgehead atoms. The smallest absolute Gasteiger partial charge is 0.00106 e. The zero-order chi connectivity index (χ0) is 13.6. The number of benzene rings is 1. The van der Waals surface area contributed by atoms with E-state index in [1.54, 1.807) is 0 Å². The molecule has 1 N–H and O–H groups in total. The Bertz CT molecular complexity index is 381. The average molecular weight is 309 g/mol. The van der Waals surface area contributed by atoms with Gasteiger partial charge >= 0.3 is 0 Å². The van der Waals surface area contributed by atoms with Crippen LogP contribution in [-0.2, 0) is 6.42 Å². The molecule has 2 aliphatic heterocycles. The molecule has 0 aliphatic carbocycles. The number of nitrogens with one attached hydrogen (secondary N) is 1. The van der Waals surface area contributed by atoms with E-state index in [9.17, 15) is 0 Å². The first-order chi connectivity index (χ1) is 9.90. The highest BCUT2D eigenvalue weighted by Crippen LogP contribution is 2.23. The Morgan fingerprint density at radius 3 is 2.24 bits per heavy atom. The first-order valence-corrected chi connectivity index (χ1v) is 8.37. The number of hydrogen-bond donors (Lipinski definition) is 1. The van der Waals surface area contributed by atoms with Crippen molar-refractivity contribution < 1.29 is 0 Å². The first kappa shape index (κ1) is 16.8. The fourth-order valence-electron chi connectivity index (χ4n) is 3.75. The van der Waals surface area contributed by atoms with Crippen LogP contribution in [0.25, 0.3) is 0 Å². The summed E-state index contributed by atoms with van der Waals surface area (Å²) < 4.78 is 0. The maximum atomic E-state index is 3.47. The van der Waals surface area contributed by atoms with Crippen LogP contribution in [0.15, 0.2) is 30.3 Å². The van der Waals surface area contributed by atoms with Crippen molar-refractivity contribution in [1.29, 1.82) is 0 Å². The Hall–Kier alpha value is -0.570. The van der Waals surface area contributed by atoms with Gasteiger partial charge in [-0.3, -0.25) is 0 Å². The Morgan fingerprint density at radius 1 is 0.905 bits per heavy atom. The molecule has 21 heavy (non-hydrogen) atoms. The molecule has 2 fully saturated rings. The summed E-state index contributed by atoms with van der Waals surface area (Å²) in [7, 11) is 0. The first-order valence-electron chi connectivity index (χ1n) is 8.37. The molecule has 0 atom stereocenters. The molecule has 0 unspecified atom stereocenters. The lowest BCUT2D eigenvalue weighted by Gasteiger charge is -2.35. The number of halogens is 1. The van der Waals surface area contributed by atoms with Crippen molar-refractivity contribution in [2.24, 2.45) is 11.8 Å². The lowest BCUT2D eigenvalue weighted by atomic mass is 9.89. The summed E-state index contributed by atoms with van der Waals surface area (Å²) in [6.07, 6.45) is 6.82. The minimum Gasteiger partial charge on any atom is -0.317 e. The van der Waals surface area contributed by atoms with Crippen LogP contribution < -0.4 is 5.32 Å². The number of likely N-dealkylation sites (tertiary alicyclic amines) is 1. The third kappa shape index (κ3) is 5.28. The fourth-order valence-corrected chi connectivity index (χ4v) is 3.75. The van der Waals surface area contributed by atoms with Gasteiger partial charge in [0.15, 0.2) is 0 Å². The number of nitrogens with zero attached hydrogens (tertiary/aromatic N) is 1. The van der Waals surface area contributed by atoms with E-state index in [1.165, 1.54) is 70.4 Å². The van der Waals surface area contributed by atoms with Crippen molar-refractivity contribution in [2.45, 2.75) is 32.1 Å². The van der Waals surface area contributed by atoms with Crippen molar-refractivity contribution in [1.82, 2.24) is 10.2 Å². The van der Waals surface area contributed by atoms with E-state index in [0.717, 1.165) is 11.8 Å². The summed E-state index contributed by atoms with van der Waals surface area (Å²) in [5, 5.41) is 3.47. The van der Waals surface area contributed by atoms with Crippen LogP contribution in [0.4, 0.5) is 0 Å². The molecule has 0 radical (unpaired) electrons. The van der Waals surface area contributed by atoms with E-state index in [-0.39, 0.29) is 12.4 Å². The van der Waals surface area contributed by atoms with Crippen LogP contribution in [0.3, 0.4) is 0 Å². The Kier molecular flexibility index (Phi) is 7.01. The van der Waals surface area contributed by atoms with Crippen molar-refractivity contribution >= 4 is 12.4 Å². The second-order valence-electron chi connectivity index (χ2n) is 6.63. The minimum absolute atomic E-state index is 0. The van der Waals surface area contributed by atoms with Crippen LogP contribution in [0.1, 0.15) is 31.2 Å². The maximum absolute atomic E-state index is 3.47. The third-order valence-electron chi connectivity index (χ3n) is 5.05. The Morgan fingerprint density at radius 2 is 1.57 bits per heavy atom. The normalized spacial score (nSPS) is 21.9. The SMILES string of the molecule is Cl.c1ccc(CC2CCN(CC3CCNCC3)CC2)cc1. The topological polar surface area (TPSA) is 15.3 Å². The minimum atomic E-state index is 0. The van der Waals surface area contributed by atoms with Crippen LogP contribution in [0.5, 0.6) is 0 Å². The van der Waals surface area contributed by atoms with E-state index < -0.39 is 0 Å². The molecular formula is C18H29ClN2. The standard InChI is InChI=1S/C18H28N2.ClH/c1-2-4-16(5-3-1)14-17-8-12-20(13-9-17)15-18-6-10-19-11-7-18;/h1-5,17-19H,6-15H2;1H. The molecule has 0 aromatic heterocycles. The predicted molar refractivity (Wildman–Crippen MR) is 92.2 cm³/mol. The lowest BCUT2D eigenvalue weighted by molar-refractivity contribution is 0.148. The largest absolute Gasteiger partial charge is 0.317 e. The van der Waals surface area contributed by atoms with E-state index >= 15 is 0 Å². The summed E-state index contributed by atoms with van der Waals surface area (Å²) in [5.74, 6) is 1.85. The van der Waals surface area contributed by atoms with Crippen LogP contribution in [0, 0.1) is 11.8 Å². The van der Waals surface area contributed by atoms with E-state index in [0.29, 0.717) is 0 Å². The second-order valence-corrected chi connectivity index (χ2v) is 6.63. The molecule has 0 amide bonds. The van der Waals surface area contributed by atoms with Gasteiger partial charge in [-0.25, -0.2) is 0 Å². The monoisotopic (exact) mass is 308 g/mol. The van der Waals surface area contributed by atoms with Gasteiger partial charge in [-0.1, -0.05) is 30.3 Å². The number of rotatable bonds is 4. The predicted octanol–water partition coefficient (Wildman–Crippen LogP) is 3.36. The van der Waals surface area contributed by atoms with E-state index in [2.05, 4.69) is 40.5 Å². The van der Waals surface area contributed by atoms with Gasteiger partial charge in [0.05, 0.1) is 0 Å². The average Bonchev–Trinajstić information content (AvgIpc) is 2.51. The van der Waals surface area contributed by atoms with E-state index in [1.807, 2.05) is 0 Å². The zero-order valence-corrected chi connectivity index (χ0v) is 13.8. The van der Waals surface area contributed by atoms with Crippen molar-refractivity contribution in [2.75, 3.05) is 32.7 Å². The van der Waals surface area contributed by atoms with Crippen LogP contribution >= 0.6 is 12.4 Å². The second kappa shape index (κ2) is 8.77. The molecule has 3 heteroatoms. The highest BCUT2D eigenvalue weighted by molar-refractivity contribution is 5.85. The molecule has 0 spiro atoms. The number of hydrogen-bond acceptors (Lipinski definition) is 2. The van der Waals surface area contributed by atoms with Crippen molar-refractivity contribution in [3.63, 3.8) is 0 Å². The highest BCUT2D eigenvalue weighted by Gasteiger charge is 2.22. The van der Waals surface area contributed by atoms with Gasteiger partial charge in [0.1, 0.15) is 0 Å². The molecule has 2 heterocycles. The van der Waals surface area contributed by atoms with Crippen LogP contribution in [0.2, 0.25) is 0 Å². The summed E-state index contributed by atoms with van der Waals surface area (Å²) in [5.41, 5.74) is 1.52. The summed E-state index contributed by atoms with van der Waals surface area (Å²) >= 11 is 0. The van der Waals surface area contributed by atoms with Gasteiger partial charge in [0.2, 0.25) is 0 Å². The fraction of sp³-hybridized carbons (Fsp3) is 0.667. The van der Waals surface area contributed by atoms with Gasteiger partial charge in [0.25, 0.3) is 0 Å². The Labute approximate surface area is 135 Å². The molecular weight excluding hydrogens is 280 g/mol. The van der Waals surface area contributed by atoms with Gasteiger partial charge < -0.3 is 10.2 Å². The number of piperidine rings is 2. The third-order valence-corrected chi connectivity index (χ3v) is 5.05. The molecule has 3 rings (SSSR count). The molecule has 0 saturated carbocycles. The van der Waals surface area contributed by atoms with Gasteiger partial charge in [-0.2, -0.15) is 0 Å². The summed E-state index contributed by atoms with van der Waals surface area (Å²) in [6, 6.07) is 11.0. The quantitative estimate of drug-likeness (QED) is 0.917. The van der Waals surface area contributed by atoms with E-state index in [4.69, 9.17) is 0 Å². The Balaban J connectivity index is 0.00000161. The lowest BCUT2D eigenvalue weighted by Crippen LogP contribution is -2.40.